The summed E-state index contributed by atoms with van der Waals surface area (Å²) in [7, 11) is 3.26. The van der Waals surface area contributed by atoms with Crippen molar-refractivity contribution in [2.75, 3.05) is 20.8 Å². The molecule has 25 heavy (non-hydrogen) atoms. The number of likely N-dealkylation sites (N-methyl/N-ethyl adjacent to an activating group) is 1. The number of carbonyl (C=O) groups excluding carboxylic acids is 2. The van der Waals surface area contributed by atoms with Gasteiger partial charge in [0, 0.05) is 13.5 Å². The van der Waals surface area contributed by atoms with E-state index in [1.54, 1.807) is 33.2 Å². The number of hydrogen-bond donors (Lipinski definition) is 1. The van der Waals surface area contributed by atoms with E-state index < -0.39 is 5.97 Å². The number of ketones is 1. The van der Waals surface area contributed by atoms with E-state index in [1.807, 2.05) is 19.1 Å². The molecule has 1 atom stereocenters. The zero-order valence-corrected chi connectivity index (χ0v) is 15.1. The third-order valence-corrected chi connectivity index (χ3v) is 4.25. The Hall–Kier alpha value is -2.38. The SMILES string of the molecule is CCOC(=O)C1=C(C(=O)Cc2ccc(OC)cc2)N(C)N(N)C1CC. The van der Waals surface area contributed by atoms with Gasteiger partial charge in [0.2, 0.25) is 0 Å². The first-order valence-corrected chi connectivity index (χ1v) is 8.29. The summed E-state index contributed by atoms with van der Waals surface area (Å²) in [5, 5.41) is 2.94. The van der Waals surface area contributed by atoms with Crippen LogP contribution in [0.2, 0.25) is 0 Å². The summed E-state index contributed by atoms with van der Waals surface area (Å²) in [5.74, 6) is 6.11. The second kappa shape index (κ2) is 8.13. The zero-order valence-electron chi connectivity index (χ0n) is 15.1. The lowest BCUT2D eigenvalue weighted by atomic mass is 9.99. The van der Waals surface area contributed by atoms with Gasteiger partial charge >= 0.3 is 5.97 Å². The number of carbonyl (C=O) groups is 2. The summed E-state index contributed by atoms with van der Waals surface area (Å²) in [4.78, 5) is 25.3. The molecule has 1 aromatic carbocycles. The molecule has 0 amide bonds. The van der Waals surface area contributed by atoms with Crippen LogP contribution in [0.15, 0.2) is 35.5 Å². The number of nitrogens with zero attached hydrogens (tertiary/aromatic N) is 2. The molecule has 2 N–H and O–H groups in total. The number of allylic oxidation sites excluding steroid dienone is 1. The zero-order chi connectivity index (χ0) is 18.6. The average Bonchev–Trinajstić information content (AvgIpc) is 2.87. The van der Waals surface area contributed by atoms with E-state index >= 15 is 0 Å². The Labute approximate surface area is 147 Å². The van der Waals surface area contributed by atoms with E-state index in [0.717, 1.165) is 11.3 Å². The Morgan fingerprint density at radius 1 is 1.20 bits per heavy atom. The Morgan fingerprint density at radius 2 is 1.84 bits per heavy atom. The lowest BCUT2D eigenvalue weighted by molar-refractivity contribution is -0.139. The number of hydrogen-bond acceptors (Lipinski definition) is 7. The highest BCUT2D eigenvalue weighted by atomic mass is 16.5. The average molecular weight is 347 g/mol. The quantitative estimate of drug-likeness (QED) is 0.590. The molecule has 1 aliphatic heterocycles. The highest BCUT2D eigenvalue weighted by molar-refractivity contribution is 6.05. The molecule has 7 nitrogen and oxygen atoms in total. The van der Waals surface area contributed by atoms with Crippen LogP contribution in [0.1, 0.15) is 25.8 Å². The molecule has 1 unspecified atom stereocenters. The lowest BCUT2D eigenvalue weighted by Gasteiger charge is -2.27. The Bertz CT molecular complexity index is 669. The molecular formula is C18H25N3O4. The van der Waals surface area contributed by atoms with Gasteiger partial charge in [-0.2, -0.15) is 5.12 Å². The monoisotopic (exact) mass is 347 g/mol. The number of methoxy groups -OCH3 is 1. The van der Waals surface area contributed by atoms with Gasteiger partial charge in [0.05, 0.1) is 25.3 Å². The van der Waals surface area contributed by atoms with Crippen molar-refractivity contribution in [1.82, 2.24) is 10.1 Å². The third kappa shape index (κ3) is 3.83. The van der Waals surface area contributed by atoms with E-state index in [0.29, 0.717) is 17.7 Å². The predicted molar refractivity (Wildman–Crippen MR) is 93.2 cm³/mol. The molecule has 0 saturated heterocycles. The molecule has 7 heteroatoms. The molecule has 0 spiro atoms. The van der Waals surface area contributed by atoms with Gasteiger partial charge in [-0.3, -0.25) is 9.80 Å². The Kier molecular flexibility index (Phi) is 6.17. The Balaban J connectivity index is 2.33. The third-order valence-electron chi connectivity index (χ3n) is 4.25. The van der Waals surface area contributed by atoms with Gasteiger partial charge in [0.1, 0.15) is 11.4 Å². The summed E-state index contributed by atoms with van der Waals surface area (Å²) in [6, 6.07) is 6.87. The maximum atomic E-state index is 12.9. The van der Waals surface area contributed by atoms with Crippen LogP contribution in [0.4, 0.5) is 0 Å². The van der Waals surface area contributed by atoms with Crippen LogP contribution in [0.3, 0.4) is 0 Å². The van der Waals surface area contributed by atoms with Gasteiger partial charge in [-0.1, -0.05) is 19.1 Å². The summed E-state index contributed by atoms with van der Waals surface area (Å²) in [5.41, 5.74) is 1.45. The smallest absolute Gasteiger partial charge is 0.338 e. The highest BCUT2D eigenvalue weighted by Gasteiger charge is 2.41. The number of rotatable bonds is 7. The van der Waals surface area contributed by atoms with Gasteiger partial charge in [0.25, 0.3) is 0 Å². The van der Waals surface area contributed by atoms with Crippen molar-refractivity contribution in [3.63, 3.8) is 0 Å². The first kappa shape index (κ1) is 19.0. The number of esters is 1. The number of Topliss-reactive ketones (excluding diaryl/α,β-unsaturated/α-hetero) is 1. The number of benzene rings is 1. The molecule has 1 aliphatic rings. The molecule has 1 aromatic rings. The summed E-state index contributed by atoms with van der Waals surface area (Å²) in [6.45, 7) is 3.89. The minimum atomic E-state index is -0.493. The fourth-order valence-electron chi connectivity index (χ4n) is 2.96. The van der Waals surface area contributed by atoms with Gasteiger partial charge in [0.15, 0.2) is 5.78 Å². The van der Waals surface area contributed by atoms with Crippen molar-refractivity contribution in [2.24, 2.45) is 5.84 Å². The fourth-order valence-corrected chi connectivity index (χ4v) is 2.96. The number of ether oxygens (including phenoxy) is 2. The second-order valence-electron chi connectivity index (χ2n) is 5.76. The van der Waals surface area contributed by atoms with Crippen molar-refractivity contribution in [3.05, 3.63) is 41.1 Å². The van der Waals surface area contributed by atoms with Crippen LogP contribution in [0, 0.1) is 0 Å². The topological polar surface area (TPSA) is 85.1 Å². The van der Waals surface area contributed by atoms with Gasteiger partial charge < -0.3 is 9.47 Å². The molecule has 0 saturated carbocycles. The first-order chi connectivity index (χ1) is 11.9. The van der Waals surface area contributed by atoms with E-state index in [-0.39, 0.29) is 24.9 Å². The highest BCUT2D eigenvalue weighted by Crippen LogP contribution is 2.30. The van der Waals surface area contributed by atoms with E-state index in [4.69, 9.17) is 15.3 Å². The number of hydrazine groups is 2. The molecule has 2 rings (SSSR count). The summed E-state index contributed by atoms with van der Waals surface area (Å²) < 4.78 is 10.3. The molecule has 0 radical (unpaired) electrons. The van der Waals surface area contributed by atoms with Crippen LogP contribution in [-0.2, 0) is 20.7 Å². The molecule has 0 aliphatic carbocycles. The van der Waals surface area contributed by atoms with Crippen molar-refractivity contribution < 1.29 is 19.1 Å². The van der Waals surface area contributed by atoms with Crippen LogP contribution in [-0.4, -0.2) is 48.7 Å². The van der Waals surface area contributed by atoms with Crippen LogP contribution in [0.5, 0.6) is 5.75 Å². The van der Waals surface area contributed by atoms with Crippen molar-refractivity contribution in [1.29, 1.82) is 0 Å². The minimum absolute atomic E-state index is 0.164. The lowest BCUT2D eigenvalue weighted by Crippen LogP contribution is -2.46. The summed E-state index contributed by atoms with van der Waals surface area (Å²) in [6.07, 6.45) is 0.755. The standard InChI is InChI=1S/C18H25N3O4/c1-5-14-16(18(23)25-6-2)17(20(3)21(14)19)15(22)11-12-7-9-13(24-4)10-8-12/h7-10,14H,5-6,11,19H2,1-4H3. The van der Waals surface area contributed by atoms with E-state index in [1.165, 1.54) is 10.1 Å². The molecular weight excluding hydrogens is 322 g/mol. The van der Waals surface area contributed by atoms with Crippen LogP contribution < -0.4 is 10.6 Å². The first-order valence-electron chi connectivity index (χ1n) is 8.29. The Morgan fingerprint density at radius 3 is 2.36 bits per heavy atom. The maximum Gasteiger partial charge on any atom is 0.338 e. The minimum Gasteiger partial charge on any atom is -0.497 e. The molecule has 0 fully saturated rings. The second-order valence-corrected chi connectivity index (χ2v) is 5.76. The van der Waals surface area contributed by atoms with Gasteiger partial charge in [-0.25, -0.2) is 10.6 Å². The van der Waals surface area contributed by atoms with E-state index in [2.05, 4.69) is 0 Å². The molecule has 0 bridgehead atoms. The summed E-state index contributed by atoms with van der Waals surface area (Å²) >= 11 is 0. The van der Waals surface area contributed by atoms with Gasteiger partial charge in [-0.15, -0.1) is 0 Å². The van der Waals surface area contributed by atoms with Crippen molar-refractivity contribution in [2.45, 2.75) is 32.7 Å². The predicted octanol–water partition coefficient (Wildman–Crippen LogP) is 1.44. The van der Waals surface area contributed by atoms with Crippen LogP contribution in [0.25, 0.3) is 0 Å². The normalized spacial score (nSPS) is 17.8. The molecule has 1 heterocycles. The maximum absolute atomic E-state index is 12.9. The van der Waals surface area contributed by atoms with E-state index in [9.17, 15) is 9.59 Å². The van der Waals surface area contributed by atoms with Crippen molar-refractivity contribution in [3.8, 4) is 5.75 Å². The van der Waals surface area contributed by atoms with Crippen LogP contribution >= 0.6 is 0 Å². The number of nitrogens with two attached hydrogens (primary N) is 1. The van der Waals surface area contributed by atoms with Crippen molar-refractivity contribution >= 4 is 11.8 Å². The van der Waals surface area contributed by atoms with Gasteiger partial charge in [-0.05, 0) is 31.0 Å². The molecule has 0 aromatic heterocycles. The largest absolute Gasteiger partial charge is 0.497 e. The fraction of sp³-hybridized carbons (Fsp3) is 0.444. The molecule has 136 valence electrons.